The van der Waals surface area contributed by atoms with Gasteiger partial charge in [-0.1, -0.05) is 54.6 Å². The number of ether oxygens (including phenoxy) is 1. The van der Waals surface area contributed by atoms with Crippen LogP contribution in [0.3, 0.4) is 0 Å². The Kier molecular flexibility index (Phi) is 6.30. The number of benzene rings is 3. The van der Waals surface area contributed by atoms with Gasteiger partial charge in [-0.15, -0.1) is 0 Å². The number of nitrogens with one attached hydrogen (secondary N) is 2. The minimum atomic E-state index is -0.379. The number of nitrogens with zero attached hydrogens (tertiary/aromatic N) is 1. The smallest absolute Gasteiger partial charge is 0.330 e. The second-order valence-electron chi connectivity index (χ2n) is 9.77. The summed E-state index contributed by atoms with van der Waals surface area (Å²) in [6, 6.07) is 26.5. The average Bonchev–Trinajstić information content (AvgIpc) is 3.67. The lowest BCUT2D eigenvalue weighted by atomic mass is 10.0. The van der Waals surface area contributed by atoms with Gasteiger partial charge >= 0.3 is 5.97 Å². The molecule has 6 heteroatoms. The number of rotatable bonds is 7. The number of aromatic nitrogens is 2. The number of hydrogen-bond acceptors (Lipinski definition) is 3. The SMILES string of the molecule is COC(=O)C=Cc1ccc2c(c1)CCC2N(CCc1cc2ccccc2[nH]1)C(=O)c1cc2ccccc2[nH]1. The molecular weight excluding hydrogens is 474 g/mol. The van der Waals surface area contributed by atoms with Crippen molar-refractivity contribution in [2.45, 2.75) is 25.3 Å². The third-order valence-corrected chi connectivity index (χ3v) is 7.43. The standard InChI is InChI=1S/C32H29N3O3/c1-38-31(36)15-11-21-10-13-26-22(18-21)12-14-30(26)35(17-16-25-19-23-6-2-4-8-27(23)33-25)32(37)29-20-24-7-3-5-9-28(24)34-29/h2-11,13,15,18-20,30,33-34H,12,14,16-17H2,1H3. The molecule has 1 aliphatic carbocycles. The van der Waals surface area contributed by atoms with E-state index in [1.807, 2.05) is 53.4 Å². The maximum atomic E-state index is 14.0. The van der Waals surface area contributed by atoms with E-state index in [1.54, 1.807) is 6.08 Å². The first-order valence-electron chi connectivity index (χ1n) is 12.9. The summed E-state index contributed by atoms with van der Waals surface area (Å²) in [4.78, 5) is 34.4. The summed E-state index contributed by atoms with van der Waals surface area (Å²) in [5.74, 6) is -0.375. The van der Waals surface area contributed by atoms with Crippen LogP contribution in [-0.2, 0) is 22.4 Å². The molecule has 0 saturated carbocycles. The maximum Gasteiger partial charge on any atom is 0.330 e. The third-order valence-electron chi connectivity index (χ3n) is 7.43. The van der Waals surface area contributed by atoms with Crippen LogP contribution in [0.15, 0.2) is 84.9 Å². The van der Waals surface area contributed by atoms with Gasteiger partial charge in [0.15, 0.2) is 0 Å². The fraction of sp³-hybridized carbons (Fsp3) is 0.188. The lowest BCUT2D eigenvalue weighted by Gasteiger charge is -2.29. The largest absolute Gasteiger partial charge is 0.466 e. The first-order chi connectivity index (χ1) is 18.6. The monoisotopic (exact) mass is 503 g/mol. The highest BCUT2D eigenvalue weighted by Gasteiger charge is 2.32. The fourth-order valence-electron chi connectivity index (χ4n) is 5.53. The van der Waals surface area contributed by atoms with Gasteiger partial charge in [-0.05, 0) is 65.3 Å². The summed E-state index contributed by atoms with van der Waals surface area (Å²) in [6.45, 7) is 0.592. The van der Waals surface area contributed by atoms with E-state index in [1.165, 1.54) is 29.7 Å². The molecule has 3 aromatic carbocycles. The van der Waals surface area contributed by atoms with Gasteiger partial charge in [0.1, 0.15) is 5.69 Å². The number of H-pyrrole nitrogens is 2. The molecule has 0 spiro atoms. The van der Waals surface area contributed by atoms with Gasteiger partial charge < -0.3 is 19.6 Å². The Labute approximate surface area is 220 Å². The van der Waals surface area contributed by atoms with Crippen LogP contribution < -0.4 is 0 Å². The number of fused-ring (bicyclic) bond motifs is 3. The molecule has 0 saturated heterocycles. The van der Waals surface area contributed by atoms with Crippen molar-refractivity contribution in [2.75, 3.05) is 13.7 Å². The molecule has 5 aromatic rings. The number of carbonyl (C=O) groups is 2. The van der Waals surface area contributed by atoms with E-state index in [-0.39, 0.29) is 17.9 Å². The van der Waals surface area contributed by atoms with Gasteiger partial charge in [0.05, 0.1) is 13.2 Å². The molecule has 1 aliphatic rings. The van der Waals surface area contributed by atoms with E-state index < -0.39 is 0 Å². The summed E-state index contributed by atoms with van der Waals surface area (Å²) < 4.78 is 4.71. The molecule has 1 atom stereocenters. The van der Waals surface area contributed by atoms with Crippen molar-refractivity contribution in [3.63, 3.8) is 0 Å². The number of methoxy groups -OCH3 is 1. The van der Waals surface area contributed by atoms with Gasteiger partial charge in [-0.2, -0.15) is 0 Å². The van der Waals surface area contributed by atoms with E-state index in [4.69, 9.17) is 4.74 Å². The van der Waals surface area contributed by atoms with Crippen molar-refractivity contribution in [2.24, 2.45) is 0 Å². The highest BCUT2D eigenvalue weighted by Crippen LogP contribution is 2.37. The van der Waals surface area contributed by atoms with E-state index in [0.29, 0.717) is 12.2 Å². The molecule has 38 heavy (non-hydrogen) atoms. The quantitative estimate of drug-likeness (QED) is 0.205. The zero-order chi connectivity index (χ0) is 26.1. The molecule has 1 amide bonds. The van der Waals surface area contributed by atoms with Crippen molar-refractivity contribution in [1.29, 1.82) is 0 Å². The van der Waals surface area contributed by atoms with E-state index >= 15 is 0 Å². The Bertz CT molecular complexity index is 1610. The molecular formula is C32H29N3O3. The molecule has 6 rings (SSSR count). The number of aromatic amines is 2. The number of para-hydroxylation sites is 2. The number of esters is 1. The molecule has 2 aromatic heterocycles. The van der Waals surface area contributed by atoms with Gasteiger partial charge in [0.2, 0.25) is 0 Å². The molecule has 0 fully saturated rings. The third kappa shape index (κ3) is 4.61. The molecule has 2 heterocycles. The van der Waals surface area contributed by atoms with Crippen molar-refractivity contribution in [3.8, 4) is 0 Å². The fourth-order valence-corrected chi connectivity index (χ4v) is 5.53. The molecule has 190 valence electrons. The van der Waals surface area contributed by atoms with Crippen LogP contribution in [0.25, 0.3) is 27.9 Å². The first kappa shape index (κ1) is 23.8. The Morgan fingerprint density at radius 2 is 1.68 bits per heavy atom. The predicted molar refractivity (Wildman–Crippen MR) is 150 cm³/mol. The number of amides is 1. The van der Waals surface area contributed by atoms with Crippen molar-refractivity contribution < 1.29 is 14.3 Å². The summed E-state index contributed by atoms with van der Waals surface area (Å²) in [6.07, 6.45) is 5.66. The van der Waals surface area contributed by atoms with Crippen LogP contribution >= 0.6 is 0 Å². The molecule has 0 bridgehead atoms. The Morgan fingerprint density at radius 1 is 0.947 bits per heavy atom. The molecule has 6 nitrogen and oxygen atoms in total. The summed E-state index contributed by atoms with van der Waals surface area (Å²) in [5.41, 5.74) is 7.11. The maximum absolute atomic E-state index is 14.0. The van der Waals surface area contributed by atoms with Crippen LogP contribution in [0.1, 0.15) is 45.3 Å². The van der Waals surface area contributed by atoms with Crippen LogP contribution in [0.2, 0.25) is 0 Å². The van der Waals surface area contributed by atoms with Crippen LogP contribution in [0.4, 0.5) is 0 Å². The van der Waals surface area contributed by atoms with Crippen molar-refractivity contribution >= 4 is 39.8 Å². The van der Waals surface area contributed by atoms with Gasteiger partial charge in [0, 0.05) is 41.2 Å². The summed E-state index contributed by atoms with van der Waals surface area (Å²) in [7, 11) is 1.37. The van der Waals surface area contributed by atoms with Gasteiger partial charge in [0.25, 0.3) is 5.91 Å². The van der Waals surface area contributed by atoms with Crippen molar-refractivity contribution in [1.82, 2.24) is 14.9 Å². The van der Waals surface area contributed by atoms with Crippen molar-refractivity contribution in [3.05, 3.63) is 113 Å². The highest BCUT2D eigenvalue weighted by atomic mass is 16.5. The zero-order valence-corrected chi connectivity index (χ0v) is 21.2. The first-order valence-corrected chi connectivity index (χ1v) is 12.9. The van der Waals surface area contributed by atoms with E-state index in [9.17, 15) is 9.59 Å². The van der Waals surface area contributed by atoms with Gasteiger partial charge in [-0.3, -0.25) is 4.79 Å². The second kappa shape index (κ2) is 10.1. The van der Waals surface area contributed by atoms with Gasteiger partial charge in [-0.25, -0.2) is 4.79 Å². The summed E-state index contributed by atoms with van der Waals surface area (Å²) >= 11 is 0. The highest BCUT2D eigenvalue weighted by molar-refractivity contribution is 5.98. The van der Waals surface area contributed by atoms with E-state index in [0.717, 1.165) is 46.9 Å². The molecule has 2 N–H and O–H groups in total. The molecule has 0 radical (unpaired) electrons. The summed E-state index contributed by atoms with van der Waals surface area (Å²) in [5, 5.41) is 2.20. The average molecular weight is 504 g/mol. The number of carbonyl (C=O) groups excluding carboxylic acids is 2. The Balaban J connectivity index is 1.31. The minimum absolute atomic E-state index is 0.00447. The normalized spacial score (nSPS) is 14.8. The number of aryl methyl sites for hydroxylation is 1. The zero-order valence-electron chi connectivity index (χ0n) is 21.2. The van der Waals surface area contributed by atoms with Crippen LogP contribution in [0.5, 0.6) is 0 Å². The topological polar surface area (TPSA) is 78.2 Å². The minimum Gasteiger partial charge on any atom is -0.466 e. The lowest BCUT2D eigenvalue weighted by Crippen LogP contribution is -2.36. The lowest BCUT2D eigenvalue weighted by molar-refractivity contribution is -0.134. The second-order valence-corrected chi connectivity index (χ2v) is 9.77. The Morgan fingerprint density at radius 3 is 2.42 bits per heavy atom. The van der Waals surface area contributed by atoms with Crippen LogP contribution in [-0.4, -0.2) is 40.4 Å². The molecule has 1 unspecified atom stereocenters. The Hall–Kier alpha value is -4.58. The van der Waals surface area contributed by atoms with E-state index in [2.05, 4.69) is 40.3 Å². The van der Waals surface area contributed by atoms with Crippen LogP contribution in [0, 0.1) is 0 Å². The molecule has 0 aliphatic heterocycles. The number of hydrogen-bond donors (Lipinski definition) is 2. The predicted octanol–water partition coefficient (Wildman–Crippen LogP) is 6.21.